The standard InChI is InChI=1S/C18H25ClN4O3/c1-10(2)25-14-12(19)8-11(9-20-14)13(24)22-18(6,7)15-21-16(26-23-15)17(3,4)5/h8-10H,1-7H3,(H,22,24). The highest BCUT2D eigenvalue weighted by Gasteiger charge is 2.32. The number of nitrogens with zero attached hydrogens (tertiary/aromatic N) is 3. The molecule has 0 aromatic carbocycles. The van der Waals surface area contributed by atoms with Crippen LogP contribution in [0.15, 0.2) is 16.8 Å². The molecule has 0 aliphatic carbocycles. The van der Waals surface area contributed by atoms with E-state index in [9.17, 15) is 4.79 Å². The summed E-state index contributed by atoms with van der Waals surface area (Å²) in [6, 6.07) is 1.52. The van der Waals surface area contributed by atoms with E-state index in [1.165, 1.54) is 12.3 Å². The molecule has 0 bridgehead atoms. The van der Waals surface area contributed by atoms with Crippen molar-refractivity contribution in [2.45, 2.75) is 65.5 Å². The Balaban J connectivity index is 2.17. The Hall–Kier alpha value is -2.15. The summed E-state index contributed by atoms with van der Waals surface area (Å²) in [5.74, 6) is 0.859. The lowest BCUT2D eigenvalue weighted by Crippen LogP contribution is -2.42. The SMILES string of the molecule is CC(C)Oc1ncc(C(=O)NC(C)(C)c2noc(C(C)(C)C)n2)cc1Cl. The minimum absolute atomic E-state index is 0.0612. The van der Waals surface area contributed by atoms with Crippen molar-refractivity contribution in [3.8, 4) is 5.88 Å². The lowest BCUT2D eigenvalue weighted by molar-refractivity contribution is 0.0907. The third-order valence-electron chi connectivity index (χ3n) is 3.47. The minimum atomic E-state index is -0.830. The predicted octanol–water partition coefficient (Wildman–Crippen LogP) is 3.87. The summed E-state index contributed by atoms with van der Waals surface area (Å²) in [4.78, 5) is 21.1. The molecule has 7 nitrogen and oxygen atoms in total. The molecule has 0 fully saturated rings. The number of pyridine rings is 1. The zero-order valence-corrected chi connectivity index (χ0v) is 16.9. The molecule has 0 aliphatic rings. The zero-order valence-electron chi connectivity index (χ0n) is 16.2. The molecule has 1 amide bonds. The fourth-order valence-corrected chi connectivity index (χ4v) is 2.26. The van der Waals surface area contributed by atoms with Crippen molar-refractivity contribution in [2.24, 2.45) is 0 Å². The highest BCUT2D eigenvalue weighted by Crippen LogP contribution is 2.26. The van der Waals surface area contributed by atoms with Crippen molar-refractivity contribution >= 4 is 17.5 Å². The van der Waals surface area contributed by atoms with E-state index in [4.69, 9.17) is 20.9 Å². The minimum Gasteiger partial charge on any atom is -0.474 e. The Morgan fingerprint density at radius 2 is 1.92 bits per heavy atom. The lowest BCUT2D eigenvalue weighted by Gasteiger charge is -2.22. The van der Waals surface area contributed by atoms with Gasteiger partial charge in [-0.3, -0.25) is 4.79 Å². The van der Waals surface area contributed by atoms with E-state index in [1.54, 1.807) is 13.8 Å². The van der Waals surface area contributed by atoms with Crippen LogP contribution in [0.4, 0.5) is 0 Å². The third kappa shape index (κ3) is 4.72. The quantitative estimate of drug-likeness (QED) is 0.846. The molecule has 26 heavy (non-hydrogen) atoms. The van der Waals surface area contributed by atoms with Crippen LogP contribution in [-0.4, -0.2) is 27.1 Å². The van der Waals surface area contributed by atoms with Crippen LogP contribution in [0.2, 0.25) is 5.02 Å². The fraction of sp³-hybridized carbons (Fsp3) is 0.556. The normalized spacial score (nSPS) is 12.3. The number of carbonyl (C=O) groups is 1. The Morgan fingerprint density at radius 1 is 1.27 bits per heavy atom. The molecule has 2 rings (SSSR count). The van der Waals surface area contributed by atoms with Gasteiger partial charge in [0.25, 0.3) is 5.91 Å². The summed E-state index contributed by atoms with van der Waals surface area (Å²) in [5.41, 5.74) is -0.780. The molecule has 0 saturated heterocycles. The summed E-state index contributed by atoms with van der Waals surface area (Å²) in [6.45, 7) is 13.3. The highest BCUT2D eigenvalue weighted by atomic mass is 35.5. The van der Waals surface area contributed by atoms with Crippen LogP contribution in [-0.2, 0) is 11.0 Å². The Morgan fingerprint density at radius 3 is 2.42 bits per heavy atom. The Kier molecular flexibility index (Phi) is 5.61. The second kappa shape index (κ2) is 7.23. The van der Waals surface area contributed by atoms with Gasteiger partial charge in [0.2, 0.25) is 11.8 Å². The monoisotopic (exact) mass is 380 g/mol. The van der Waals surface area contributed by atoms with Crippen LogP contribution < -0.4 is 10.1 Å². The van der Waals surface area contributed by atoms with Gasteiger partial charge >= 0.3 is 0 Å². The summed E-state index contributed by atoms with van der Waals surface area (Å²) in [6.07, 6.45) is 1.36. The van der Waals surface area contributed by atoms with Crippen molar-refractivity contribution < 1.29 is 14.1 Å². The predicted molar refractivity (Wildman–Crippen MR) is 98.5 cm³/mol. The van der Waals surface area contributed by atoms with Crippen molar-refractivity contribution in [1.82, 2.24) is 20.4 Å². The molecule has 2 aromatic heterocycles. The highest BCUT2D eigenvalue weighted by molar-refractivity contribution is 6.32. The van der Waals surface area contributed by atoms with Crippen LogP contribution in [0, 0.1) is 0 Å². The average molecular weight is 381 g/mol. The van der Waals surface area contributed by atoms with E-state index in [2.05, 4.69) is 20.4 Å². The van der Waals surface area contributed by atoms with E-state index in [0.29, 0.717) is 23.2 Å². The van der Waals surface area contributed by atoms with Crippen LogP contribution in [0.25, 0.3) is 0 Å². The Labute approximate surface area is 158 Å². The first-order valence-corrected chi connectivity index (χ1v) is 8.77. The molecular formula is C18H25ClN4O3. The number of carbonyl (C=O) groups excluding carboxylic acids is 1. The van der Waals surface area contributed by atoms with Gasteiger partial charge in [-0.25, -0.2) is 4.98 Å². The molecule has 2 aromatic rings. The number of aromatic nitrogens is 3. The zero-order chi connectivity index (χ0) is 19.7. The number of nitrogens with one attached hydrogen (secondary N) is 1. The molecular weight excluding hydrogens is 356 g/mol. The van der Waals surface area contributed by atoms with E-state index < -0.39 is 5.54 Å². The van der Waals surface area contributed by atoms with Crippen molar-refractivity contribution in [3.05, 3.63) is 34.6 Å². The van der Waals surface area contributed by atoms with Crippen molar-refractivity contribution in [1.29, 1.82) is 0 Å². The van der Waals surface area contributed by atoms with Gasteiger partial charge < -0.3 is 14.6 Å². The van der Waals surface area contributed by atoms with Gasteiger partial charge in [-0.2, -0.15) is 4.98 Å². The number of halogens is 1. The molecule has 0 atom stereocenters. The molecule has 142 valence electrons. The molecule has 0 radical (unpaired) electrons. The summed E-state index contributed by atoms with van der Waals surface area (Å²) in [7, 11) is 0. The van der Waals surface area contributed by atoms with Gasteiger partial charge in [0, 0.05) is 11.6 Å². The van der Waals surface area contributed by atoms with Gasteiger partial charge in [-0.1, -0.05) is 37.5 Å². The van der Waals surface area contributed by atoms with E-state index >= 15 is 0 Å². The summed E-state index contributed by atoms with van der Waals surface area (Å²) in [5, 5.41) is 7.16. The summed E-state index contributed by atoms with van der Waals surface area (Å²) >= 11 is 6.15. The largest absolute Gasteiger partial charge is 0.474 e. The molecule has 0 aliphatic heterocycles. The second-order valence-corrected chi connectivity index (χ2v) is 8.34. The number of hydrogen-bond donors (Lipinski definition) is 1. The molecule has 8 heteroatoms. The summed E-state index contributed by atoms with van der Waals surface area (Å²) < 4.78 is 10.8. The van der Waals surface area contributed by atoms with E-state index in [1.807, 2.05) is 34.6 Å². The first-order valence-electron chi connectivity index (χ1n) is 8.39. The first-order chi connectivity index (χ1) is 11.9. The first kappa shape index (κ1) is 20.2. The van der Waals surface area contributed by atoms with Gasteiger partial charge in [-0.05, 0) is 33.8 Å². The van der Waals surface area contributed by atoms with Crippen LogP contribution in [0.1, 0.15) is 70.5 Å². The van der Waals surface area contributed by atoms with Gasteiger partial charge in [0.1, 0.15) is 5.02 Å². The van der Waals surface area contributed by atoms with Crippen LogP contribution >= 0.6 is 11.6 Å². The maximum atomic E-state index is 12.6. The van der Waals surface area contributed by atoms with Gasteiger partial charge in [0.05, 0.1) is 17.2 Å². The second-order valence-electron chi connectivity index (χ2n) is 7.93. The lowest BCUT2D eigenvalue weighted by atomic mass is 9.97. The fourth-order valence-electron chi connectivity index (χ4n) is 2.05. The maximum Gasteiger partial charge on any atom is 0.253 e. The Bertz CT molecular complexity index is 794. The topological polar surface area (TPSA) is 90.1 Å². The van der Waals surface area contributed by atoms with E-state index in [0.717, 1.165) is 0 Å². The van der Waals surface area contributed by atoms with Crippen LogP contribution in [0.5, 0.6) is 5.88 Å². The molecule has 2 heterocycles. The van der Waals surface area contributed by atoms with E-state index in [-0.39, 0.29) is 22.4 Å². The van der Waals surface area contributed by atoms with Gasteiger partial charge in [0.15, 0.2) is 5.82 Å². The molecule has 0 saturated carbocycles. The molecule has 1 N–H and O–H groups in total. The number of ether oxygens (including phenoxy) is 1. The van der Waals surface area contributed by atoms with Crippen LogP contribution in [0.3, 0.4) is 0 Å². The average Bonchev–Trinajstić information content (AvgIpc) is 2.99. The number of amides is 1. The third-order valence-corrected chi connectivity index (χ3v) is 3.74. The number of hydrogen-bond acceptors (Lipinski definition) is 6. The molecule has 0 spiro atoms. The molecule has 0 unspecified atom stereocenters. The van der Waals surface area contributed by atoms with Gasteiger partial charge in [-0.15, -0.1) is 0 Å². The smallest absolute Gasteiger partial charge is 0.253 e. The maximum absolute atomic E-state index is 12.6. The van der Waals surface area contributed by atoms with Crippen molar-refractivity contribution in [3.63, 3.8) is 0 Å². The van der Waals surface area contributed by atoms with Crippen molar-refractivity contribution in [2.75, 3.05) is 0 Å². The number of rotatable bonds is 5.